The Balaban J connectivity index is 2.44. The van der Waals surface area contributed by atoms with E-state index in [0.717, 1.165) is 8.68 Å². The fourth-order valence-electron chi connectivity index (χ4n) is 1.02. The molecule has 0 aliphatic heterocycles. The van der Waals surface area contributed by atoms with Crippen molar-refractivity contribution in [1.29, 1.82) is 0 Å². The number of nitrogens with zero attached hydrogens (tertiary/aromatic N) is 2. The van der Waals surface area contributed by atoms with Gasteiger partial charge in [-0.15, -0.1) is 10.2 Å². The Morgan fingerprint density at radius 3 is 2.65 bits per heavy atom. The van der Waals surface area contributed by atoms with Gasteiger partial charge >= 0.3 is 5.97 Å². The smallest absolute Gasteiger partial charge is 0.323 e. The molecule has 0 aliphatic carbocycles. The predicted octanol–water partition coefficient (Wildman–Crippen LogP) is 1.80. The average molecular weight is 293 g/mol. The molecule has 0 amide bonds. The Morgan fingerprint density at radius 2 is 2.18 bits per heavy atom. The molecule has 1 atom stereocenters. The minimum atomic E-state index is -0.875. The summed E-state index contributed by atoms with van der Waals surface area (Å²) in [5.74, 6) is -0.130. The maximum atomic E-state index is 11.0. The first-order valence-corrected chi connectivity index (χ1v) is 7.97. The second-order valence-electron chi connectivity index (χ2n) is 3.52. The molecule has 8 heteroatoms. The van der Waals surface area contributed by atoms with Gasteiger partial charge in [0, 0.05) is 5.75 Å². The lowest BCUT2D eigenvalue weighted by Gasteiger charge is -2.23. The van der Waals surface area contributed by atoms with Crippen LogP contribution < -0.4 is 5.32 Å². The van der Waals surface area contributed by atoms with E-state index in [-0.39, 0.29) is 0 Å². The molecular formula is C9H15N3O2S3. The van der Waals surface area contributed by atoms with Crippen LogP contribution >= 0.6 is 34.9 Å². The SMILES string of the molecule is CNC(C)(CCSc1nnc(SC)s1)C(=O)O. The van der Waals surface area contributed by atoms with Crippen molar-refractivity contribution in [2.24, 2.45) is 0 Å². The number of rotatable bonds is 7. The Hall–Kier alpha value is -0.310. The number of carboxylic acids is 1. The highest BCUT2D eigenvalue weighted by molar-refractivity contribution is 8.02. The van der Waals surface area contributed by atoms with Gasteiger partial charge in [-0.1, -0.05) is 34.9 Å². The van der Waals surface area contributed by atoms with Gasteiger partial charge in [-0.05, 0) is 26.6 Å². The molecule has 1 aromatic rings. The van der Waals surface area contributed by atoms with Crippen LogP contribution in [0, 0.1) is 0 Å². The van der Waals surface area contributed by atoms with Gasteiger partial charge in [-0.3, -0.25) is 4.79 Å². The summed E-state index contributed by atoms with van der Waals surface area (Å²) < 4.78 is 1.82. The summed E-state index contributed by atoms with van der Waals surface area (Å²) in [7, 11) is 1.66. The number of hydrogen-bond donors (Lipinski definition) is 2. The van der Waals surface area contributed by atoms with Crippen LogP contribution in [0.3, 0.4) is 0 Å². The molecule has 0 aromatic carbocycles. The molecule has 5 nitrogen and oxygen atoms in total. The molecule has 2 N–H and O–H groups in total. The maximum absolute atomic E-state index is 11.0. The van der Waals surface area contributed by atoms with Crippen LogP contribution in [0.1, 0.15) is 13.3 Å². The summed E-state index contributed by atoms with van der Waals surface area (Å²) in [5, 5.41) is 19.9. The normalized spacial score (nSPS) is 14.5. The number of carbonyl (C=O) groups is 1. The van der Waals surface area contributed by atoms with Crippen LogP contribution in [0.25, 0.3) is 0 Å². The van der Waals surface area contributed by atoms with E-state index in [9.17, 15) is 4.79 Å². The largest absolute Gasteiger partial charge is 0.480 e. The first kappa shape index (κ1) is 14.7. The van der Waals surface area contributed by atoms with Gasteiger partial charge in [-0.25, -0.2) is 0 Å². The third-order valence-electron chi connectivity index (χ3n) is 2.41. The van der Waals surface area contributed by atoms with Gasteiger partial charge < -0.3 is 10.4 Å². The van der Waals surface area contributed by atoms with Gasteiger partial charge in [0.1, 0.15) is 5.54 Å². The number of carboxylic acid groups (broad SMARTS) is 1. The van der Waals surface area contributed by atoms with Crippen LogP contribution in [0.2, 0.25) is 0 Å². The Labute approximate surface area is 113 Å². The summed E-state index contributed by atoms with van der Waals surface area (Å²) in [6.45, 7) is 1.68. The monoisotopic (exact) mass is 293 g/mol. The van der Waals surface area contributed by atoms with Crippen molar-refractivity contribution in [3.63, 3.8) is 0 Å². The highest BCUT2D eigenvalue weighted by Gasteiger charge is 2.30. The zero-order chi connectivity index (χ0) is 12.9. The molecule has 0 saturated heterocycles. The van der Waals surface area contributed by atoms with Crippen molar-refractivity contribution in [2.75, 3.05) is 19.1 Å². The fourth-order valence-corrected chi connectivity index (χ4v) is 3.69. The van der Waals surface area contributed by atoms with Crippen molar-refractivity contribution in [3.8, 4) is 0 Å². The van der Waals surface area contributed by atoms with Crippen molar-refractivity contribution in [3.05, 3.63) is 0 Å². The summed E-state index contributed by atoms with van der Waals surface area (Å²) >= 11 is 4.64. The van der Waals surface area contributed by atoms with E-state index < -0.39 is 11.5 Å². The van der Waals surface area contributed by atoms with Gasteiger partial charge in [0.15, 0.2) is 8.68 Å². The Bertz CT molecular complexity index is 385. The summed E-state index contributed by atoms with van der Waals surface area (Å²) in [5.41, 5.74) is -0.875. The average Bonchev–Trinajstić information content (AvgIpc) is 2.76. The zero-order valence-corrected chi connectivity index (χ0v) is 12.3. The first-order chi connectivity index (χ1) is 8.01. The van der Waals surface area contributed by atoms with Crippen molar-refractivity contribution in [1.82, 2.24) is 15.5 Å². The first-order valence-electron chi connectivity index (χ1n) is 4.94. The van der Waals surface area contributed by atoms with E-state index >= 15 is 0 Å². The molecule has 1 aromatic heterocycles. The Kier molecular flexibility index (Phi) is 5.71. The molecule has 0 radical (unpaired) electrons. The molecule has 1 unspecified atom stereocenters. The van der Waals surface area contributed by atoms with Crippen LogP contribution in [0.15, 0.2) is 8.68 Å². The van der Waals surface area contributed by atoms with E-state index in [4.69, 9.17) is 5.11 Å². The van der Waals surface area contributed by atoms with E-state index in [1.54, 1.807) is 37.5 Å². The number of thioether (sulfide) groups is 2. The molecular weight excluding hydrogens is 278 g/mol. The van der Waals surface area contributed by atoms with Crippen LogP contribution in [-0.2, 0) is 4.79 Å². The third kappa shape index (κ3) is 4.13. The summed E-state index contributed by atoms with van der Waals surface area (Å²) in [6.07, 6.45) is 2.50. The lowest BCUT2D eigenvalue weighted by Crippen LogP contribution is -2.47. The lowest BCUT2D eigenvalue weighted by molar-refractivity contribution is -0.144. The molecule has 0 aliphatic rings. The van der Waals surface area contributed by atoms with Crippen molar-refractivity contribution < 1.29 is 9.90 Å². The van der Waals surface area contributed by atoms with Gasteiger partial charge in [-0.2, -0.15) is 0 Å². The van der Waals surface area contributed by atoms with Gasteiger partial charge in [0.2, 0.25) is 0 Å². The summed E-state index contributed by atoms with van der Waals surface area (Å²) in [4.78, 5) is 11.0. The third-order valence-corrected chi connectivity index (χ3v) is 5.45. The molecule has 0 saturated carbocycles. The van der Waals surface area contributed by atoms with Gasteiger partial charge in [0.25, 0.3) is 0 Å². The molecule has 0 fully saturated rings. The second kappa shape index (κ2) is 6.58. The van der Waals surface area contributed by atoms with E-state index in [1.165, 1.54) is 11.3 Å². The molecule has 0 bridgehead atoms. The van der Waals surface area contributed by atoms with E-state index in [0.29, 0.717) is 12.2 Å². The zero-order valence-electron chi connectivity index (χ0n) is 9.89. The number of nitrogens with one attached hydrogen (secondary N) is 1. The fraction of sp³-hybridized carbons (Fsp3) is 0.667. The molecule has 0 spiro atoms. The van der Waals surface area contributed by atoms with Crippen LogP contribution in [-0.4, -0.2) is 45.9 Å². The molecule has 96 valence electrons. The van der Waals surface area contributed by atoms with Gasteiger partial charge in [0.05, 0.1) is 0 Å². The van der Waals surface area contributed by atoms with Crippen LogP contribution in [0.4, 0.5) is 0 Å². The number of hydrogen-bond acceptors (Lipinski definition) is 7. The topological polar surface area (TPSA) is 75.1 Å². The standard InChI is InChI=1S/C9H15N3O2S3/c1-9(10-2,6(13)14)4-5-16-8-12-11-7(15-3)17-8/h10H,4-5H2,1-3H3,(H,13,14). The van der Waals surface area contributed by atoms with Crippen molar-refractivity contribution >= 4 is 40.8 Å². The summed E-state index contributed by atoms with van der Waals surface area (Å²) in [6, 6.07) is 0. The quantitative estimate of drug-likeness (QED) is 0.742. The van der Waals surface area contributed by atoms with Crippen LogP contribution in [0.5, 0.6) is 0 Å². The van der Waals surface area contributed by atoms with E-state index in [2.05, 4.69) is 15.5 Å². The highest BCUT2D eigenvalue weighted by Crippen LogP contribution is 2.28. The molecule has 1 heterocycles. The number of aliphatic carboxylic acids is 1. The predicted molar refractivity (Wildman–Crippen MR) is 72.1 cm³/mol. The Morgan fingerprint density at radius 1 is 1.53 bits per heavy atom. The lowest BCUT2D eigenvalue weighted by atomic mass is 10.00. The highest BCUT2D eigenvalue weighted by atomic mass is 32.2. The minimum Gasteiger partial charge on any atom is -0.480 e. The second-order valence-corrected chi connectivity index (χ2v) is 6.90. The number of aromatic nitrogens is 2. The number of likely N-dealkylation sites (N-methyl/N-ethyl adjacent to an activating group) is 1. The molecule has 17 heavy (non-hydrogen) atoms. The maximum Gasteiger partial charge on any atom is 0.323 e. The van der Waals surface area contributed by atoms with E-state index in [1.807, 2.05) is 6.26 Å². The molecule has 1 rings (SSSR count). The van der Waals surface area contributed by atoms with Crippen molar-refractivity contribution in [2.45, 2.75) is 27.6 Å². The minimum absolute atomic E-state index is 0.539.